The van der Waals surface area contributed by atoms with Gasteiger partial charge in [0, 0.05) is 24.0 Å². The van der Waals surface area contributed by atoms with Crippen LogP contribution in [0, 0.1) is 10.1 Å². The molecule has 1 N–H and O–H groups in total. The molecule has 9 nitrogen and oxygen atoms in total. The maximum Gasteiger partial charge on any atom is 0.341 e. The van der Waals surface area contributed by atoms with E-state index in [1.54, 1.807) is 25.3 Å². The Balaban J connectivity index is 1.73. The van der Waals surface area contributed by atoms with E-state index in [0.29, 0.717) is 22.3 Å². The molecule has 3 rings (SSSR count). The Morgan fingerprint density at radius 3 is 2.67 bits per heavy atom. The summed E-state index contributed by atoms with van der Waals surface area (Å²) < 4.78 is 6.51. The Morgan fingerprint density at radius 2 is 2.00 bits per heavy atom. The number of carbonyl (C=O) groups excluding carboxylic acids is 2. The fourth-order valence-electron chi connectivity index (χ4n) is 2.55. The molecule has 0 atom stereocenters. The number of ether oxygens (including phenoxy) is 1. The van der Waals surface area contributed by atoms with E-state index in [1.165, 1.54) is 35.0 Å². The van der Waals surface area contributed by atoms with Crippen molar-refractivity contribution in [2.75, 3.05) is 11.9 Å². The molecule has 0 saturated heterocycles. The molecule has 0 bridgehead atoms. The average molecular weight is 368 g/mol. The summed E-state index contributed by atoms with van der Waals surface area (Å²) in [7, 11) is 0. The van der Waals surface area contributed by atoms with Crippen molar-refractivity contribution in [2.24, 2.45) is 0 Å². The molecule has 27 heavy (non-hydrogen) atoms. The minimum Gasteiger partial charge on any atom is -0.462 e. The fraction of sp³-hybridized carbons (Fsp3) is 0.167. The molecule has 0 spiro atoms. The number of pyridine rings is 1. The number of nitro groups is 1. The second kappa shape index (κ2) is 7.65. The van der Waals surface area contributed by atoms with Crippen molar-refractivity contribution in [1.29, 1.82) is 0 Å². The van der Waals surface area contributed by atoms with Gasteiger partial charge in [-0.05, 0) is 24.6 Å². The molecule has 138 valence electrons. The highest BCUT2D eigenvalue weighted by molar-refractivity contribution is 5.98. The van der Waals surface area contributed by atoms with Crippen molar-refractivity contribution >= 4 is 28.8 Å². The Hall–Kier alpha value is -3.75. The second-order valence-electron chi connectivity index (χ2n) is 5.67. The van der Waals surface area contributed by atoms with E-state index in [0.717, 1.165) is 0 Å². The van der Waals surface area contributed by atoms with E-state index in [9.17, 15) is 19.7 Å². The second-order valence-corrected chi connectivity index (χ2v) is 5.67. The van der Waals surface area contributed by atoms with Crippen LogP contribution >= 0.6 is 0 Å². The number of aromatic nitrogens is 2. The SMILES string of the molecule is CCOC(=O)c1cnn2ccc(NC(=O)Cc3ccc([N+](=O)[O-])cc3)cc12. The first kappa shape index (κ1) is 18.1. The number of hydrogen-bond acceptors (Lipinski definition) is 6. The molecule has 9 heteroatoms. The summed E-state index contributed by atoms with van der Waals surface area (Å²) in [6.07, 6.45) is 3.10. The van der Waals surface area contributed by atoms with Crippen LogP contribution in [-0.2, 0) is 16.0 Å². The number of carbonyl (C=O) groups is 2. The number of benzene rings is 1. The summed E-state index contributed by atoms with van der Waals surface area (Å²) >= 11 is 0. The third kappa shape index (κ3) is 4.09. The van der Waals surface area contributed by atoms with E-state index >= 15 is 0 Å². The molecular weight excluding hydrogens is 352 g/mol. The molecule has 0 saturated carbocycles. The molecule has 0 unspecified atom stereocenters. The third-order valence-corrected chi connectivity index (χ3v) is 3.81. The summed E-state index contributed by atoms with van der Waals surface area (Å²) in [5, 5.41) is 17.5. The number of rotatable bonds is 6. The quantitative estimate of drug-likeness (QED) is 0.406. The van der Waals surface area contributed by atoms with Crippen LogP contribution < -0.4 is 5.32 Å². The number of nitrogens with zero attached hydrogens (tertiary/aromatic N) is 3. The number of nitrogens with one attached hydrogen (secondary N) is 1. The number of nitro benzene ring substituents is 1. The molecule has 2 aromatic heterocycles. The van der Waals surface area contributed by atoms with Crippen LogP contribution in [0.3, 0.4) is 0 Å². The molecule has 0 fully saturated rings. The van der Waals surface area contributed by atoms with Gasteiger partial charge in [0.25, 0.3) is 5.69 Å². The smallest absolute Gasteiger partial charge is 0.341 e. The van der Waals surface area contributed by atoms with Crippen LogP contribution in [0.4, 0.5) is 11.4 Å². The first-order chi connectivity index (χ1) is 13.0. The summed E-state index contributed by atoms with van der Waals surface area (Å²) in [6.45, 7) is 1.97. The third-order valence-electron chi connectivity index (χ3n) is 3.81. The molecule has 2 heterocycles. The standard InChI is InChI=1S/C18H16N4O5/c1-2-27-18(24)15-11-19-21-8-7-13(10-16(15)21)20-17(23)9-12-3-5-14(6-4-12)22(25)26/h3-8,10-11H,2,9H2,1H3,(H,20,23). The van der Waals surface area contributed by atoms with Crippen LogP contribution in [0.15, 0.2) is 48.8 Å². The highest BCUT2D eigenvalue weighted by atomic mass is 16.6. The monoisotopic (exact) mass is 368 g/mol. The number of amides is 1. The predicted octanol–water partition coefficient (Wildman–Crippen LogP) is 2.60. The van der Waals surface area contributed by atoms with Crippen LogP contribution in [-0.4, -0.2) is 33.0 Å². The van der Waals surface area contributed by atoms with Crippen molar-refractivity contribution in [3.63, 3.8) is 0 Å². The van der Waals surface area contributed by atoms with Gasteiger partial charge in [-0.2, -0.15) is 5.10 Å². The molecule has 3 aromatic rings. The topological polar surface area (TPSA) is 116 Å². The van der Waals surface area contributed by atoms with Gasteiger partial charge < -0.3 is 10.1 Å². The van der Waals surface area contributed by atoms with E-state index < -0.39 is 10.9 Å². The van der Waals surface area contributed by atoms with Crippen molar-refractivity contribution in [3.8, 4) is 0 Å². The van der Waals surface area contributed by atoms with Gasteiger partial charge in [-0.1, -0.05) is 12.1 Å². The summed E-state index contributed by atoms with van der Waals surface area (Å²) in [5.41, 5.74) is 1.94. The molecule has 1 amide bonds. The van der Waals surface area contributed by atoms with Gasteiger partial charge in [0.2, 0.25) is 5.91 Å². The van der Waals surface area contributed by atoms with Crippen molar-refractivity contribution in [1.82, 2.24) is 9.61 Å². The van der Waals surface area contributed by atoms with Gasteiger partial charge in [-0.15, -0.1) is 0 Å². The molecule has 0 radical (unpaired) electrons. The maximum absolute atomic E-state index is 12.2. The minimum atomic E-state index is -0.494. The molecular formula is C18H16N4O5. The van der Waals surface area contributed by atoms with Crippen molar-refractivity contribution in [2.45, 2.75) is 13.3 Å². The average Bonchev–Trinajstić information content (AvgIpc) is 3.05. The van der Waals surface area contributed by atoms with Gasteiger partial charge in [0.15, 0.2) is 0 Å². The maximum atomic E-state index is 12.2. The number of esters is 1. The summed E-state index contributed by atoms with van der Waals surface area (Å²) in [5.74, 6) is -0.771. The Labute approximate surface area is 153 Å². The molecule has 1 aromatic carbocycles. The zero-order chi connectivity index (χ0) is 19.4. The van der Waals surface area contributed by atoms with Gasteiger partial charge in [0.05, 0.1) is 29.7 Å². The first-order valence-corrected chi connectivity index (χ1v) is 8.15. The Bertz CT molecular complexity index is 1010. The predicted molar refractivity (Wildman–Crippen MR) is 96.6 cm³/mol. The minimum absolute atomic E-state index is 0.0307. The van der Waals surface area contributed by atoms with E-state index in [1.807, 2.05) is 0 Å². The van der Waals surface area contributed by atoms with Crippen LogP contribution in [0.2, 0.25) is 0 Å². The lowest BCUT2D eigenvalue weighted by Crippen LogP contribution is -2.14. The highest BCUT2D eigenvalue weighted by Gasteiger charge is 2.15. The first-order valence-electron chi connectivity index (χ1n) is 8.15. The van der Waals surface area contributed by atoms with Gasteiger partial charge in [-0.25, -0.2) is 9.31 Å². The number of non-ortho nitro benzene ring substituents is 1. The van der Waals surface area contributed by atoms with E-state index in [4.69, 9.17) is 4.74 Å². The lowest BCUT2D eigenvalue weighted by Gasteiger charge is -2.07. The molecule has 0 aliphatic rings. The van der Waals surface area contributed by atoms with Crippen molar-refractivity contribution < 1.29 is 19.2 Å². The lowest BCUT2D eigenvalue weighted by molar-refractivity contribution is -0.384. The molecule has 0 aliphatic carbocycles. The number of hydrogen-bond donors (Lipinski definition) is 1. The number of anilines is 1. The fourth-order valence-corrected chi connectivity index (χ4v) is 2.55. The van der Waals surface area contributed by atoms with Gasteiger partial charge >= 0.3 is 5.97 Å². The summed E-state index contributed by atoms with van der Waals surface area (Å²) in [4.78, 5) is 34.4. The lowest BCUT2D eigenvalue weighted by atomic mass is 10.1. The van der Waals surface area contributed by atoms with E-state index in [-0.39, 0.29) is 24.6 Å². The summed E-state index contributed by atoms with van der Waals surface area (Å²) in [6, 6.07) is 9.07. The Kier molecular flexibility index (Phi) is 5.11. The zero-order valence-electron chi connectivity index (χ0n) is 14.4. The molecule has 0 aliphatic heterocycles. The van der Waals surface area contributed by atoms with E-state index in [2.05, 4.69) is 10.4 Å². The van der Waals surface area contributed by atoms with Gasteiger partial charge in [-0.3, -0.25) is 14.9 Å². The normalized spacial score (nSPS) is 10.6. The largest absolute Gasteiger partial charge is 0.462 e. The Morgan fingerprint density at radius 1 is 1.26 bits per heavy atom. The highest BCUT2D eigenvalue weighted by Crippen LogP contribution is 2.18. The van der Waals surface area contributed by atoms with Gasteiger partial charge in [0.1, 0.15) is 5.56 Å². The van der Waals surface area contributed by atoms with Crippen LogP contribution in [0.25, 0.3) is 5.52 Å². The zero-order valence-corrected chi connectivity index (χ0v) is 14.4. The van der Waals surface area contributed by atoms with Crippen molar-refractivity contribution in [3.05, 3.63) is 70.0 Å². The number of fused-ring (bicyclic) bond motifs is 1. The van der Waals surface area contributed by atoms with Crippen LogP contribution in [0.1, 0.15) is 22.8 Å². The van der Waals surface area contributed by atoms with Crippen LogP contribution in [0.5, 0.6) is 0 Å².